The quantitative estimate of drug-likeness (QED) is 0.792. The fourth-order valence-corrected chi connectivity index (χ4v) is 1.35. The van der Waals surface area contributed by atoms with Crippen LogP contribution in [0.1, 0.15) is 12.5 Å². The van der Waals surface area contributed by atoms with E-state index in [9.17, 15) is 22.4 Å². The Morgan fingerprint density at radius 3 is 2.30 bits per heavy atom. The van der Waals surface area contributed by atoms with Gasteiger partial charge in [-0.2, -0.15) is 8.78 Å². The SMILES string of the molecule is Cc1ccc(NC(=O)C(C)NCC(F)(F)C(F)F)cc1. The lowest BCUT2D eigenvalue weighted by Crippen LogP contribution is -2.46. The van der Waals surface area contributed by atoms with Gasteiger partial charge < -0.3 is 10.6 Å². The monoisotopic (exact) mass is 292 g/mol. The number of hydrogen-bond acceptors (Lipinski definition) is 2. The molecule has 0 spiro atoms. The summed E-state index contributed by atoms with van der Waals surface area (Å²) in [6, 6.07) is 5.86. The minimum atomic E-state index is -4.15. The molecule has 7 heteroatoms. The number of hydrogen-bond donors (Lipinski definition) is 2. The van der Waals surface area contributed by atoms with E-state index < -0.39 is 30.8 Å². The predicted molar refractivity (Wildman–Crippen MR) is 68.2 cm³/mol. The van der Waals surface area contributed by atoms with E-state index in [2.05, 4.69) is 10.6 Å². The maximum atomic E-state index is 12.7. The van der Waals surface area contributed by atoms with Crippen LogP contribution in [0.3, 0.4) is 0 Å². The fourth-order valence-electron chi connectivity index (χ4n) is 1.35. The minimum Gasteiger partial charge on any atom is -0.325 e. The second-order valence-electron chi connectivity index (χ2n) is 4.52. The minimum absolute atomic E-state index is 0.509. The molecule has 1 atom stereocenters. The molecule has 1 amide bonds. The van der Waals surface area contributed by atoms with Gasteiger partial charge in [-0.25, -0.2) is 8.78 Å². The van der Waals surface area contributed by atoms with Crippen LogP contribution in [-0.4, -0.2) is 30.8 Å². The first-order valence-corrected chi connectivity index (χ1v) is 5.99. The van der Waals surface area contributed by atoms with Gasteiger partial charge in [-0.05, 0) is 26.0 Å². The highest BCUT2D eigenvalue weighted by atomic mass is 19.3. The highest BCUT2D eigenvalue weighted by Crippen LogP contribution is 2.21. The number of halogens is 4. The molecule has 1 aromatic carbocycles. The molecule has 0 saturated carbocycles. The summed E-state index contributed by atoms with van der Waals surface area (Å²) >= 11 is 0. The van der Waals surface area contributed by atoms with Gasteiger partial charge in [0.25, 0.3) is 0 Å². The van der Waals surface area contributed by atoms with E-state index in [1.165, 1.54) is 6.92 Å². The molecule has 1 aromatic rings. The first-order chi connectivity index (χ1) is 9.22. The van der Waals surface area contributed by atoms with Crippen LogP contribution in [0.5, 0.6) is 0 Å². The molecule has 0 aromatic heterocycles. The van der Waals surface area contributed by atoms with Crippen molar-refractivity contribution in [1.29, 1.82) is 0 Å². The molecule has 2 N–H and O–H groups in total. The molecule has 3 nitrogen and oxygen atoms in total. The molecule has 0 aliphatic rings. The zero-order valence-electron chi connectivity index (χ0n) is 11.1. The molecule has 0 aliphatic carbocycles. The average Bonchev–Trinajstić information content (AvgIpc) is 2.38. The fraction of sp³-hybridized carbons (Fsp3) is 0.462. The Kier molecular flexibility index (Phi) is 5.50. The van der Waals surface area contributed by atoms with E-state index >= 15 is 0 Å². The van der Waals surface area contributed by atoms with Crippen molar-refractivity contribution in [3.63, 3.8) is 0 Å². The van der Waals surface area contributed by atoms with Crippen LogP contribution in [-0.2, 0) is 4.79 Å². The van der Waals surface area contributed by atoms with Crippen LogP contribution in [0.15, 0.2) is 24.3 Å². The second-order valence-corrected chi connectivity index (χ2v) is 4.52. The number of carbonyl (C=O) groups is 1. The maximum absolute atomic E-state index is 12.7. The van der Waals surface area contributed by atoms with Crippen molar-refractivity contribution >= 4 is 11.6 Å². The van der Waals surface area contributed by atoms with Gasteiger partial charge >= 0.3 is 12.3 Å². The Bertz CT molecular complexity index is 448. The molecule has 1 unspecified atom stereocenters. The molecule has 0 bridgehead atoms. The van der Waals surface area contributed by atoms with Crippen molar-refractivity contribution in [2.24, 2.45) is 0 Å². The smallest absolute Gasteiger partial charge is 0.319 e. The summed E-state index contributed by atoms with van der Waals surface area (Å²) in [6.45, 7) is 1.94. The third kappa shape index (κ3) is 4.80. The van der Waals surface area contributed by atoms with Crippen molar-refractivity contribution in [1.82, 2.24) is 5.32 Å². The predicted octanol–water partition coefficient (Wildman–Crippen LogP) is 2.81. The van der Waals surface area contributed by atoms with Crippen LogP contribution < -0.4 is 10.6 Å². The van der Waals surface area contributed by atoms with E-state index in [1.54, 1.807) is 24.3 Å². The third-order valence-corrected chi connectivity index (χ3v) is 2.68. The van der Waals surface area contributed by atoms with Gasteiger partial charge in [-0.3, -0.25) is 4.79 Å². The summed E-state index contributed by atoms with van der Waals surface area (Å²) in [5, 5.41) is 4.59. The van der Waals surface area contributed by atoms with Gasteiger partial charge in [0.15, 0.2) is 0 Å². The molecule has 0 heterocycles. The Labute approximate surface area is 114 Å². The summed E-state index contributed by atoms with van der Waals surface area (Å²) in [6.07, 6.45) is -3.76. The van der Waals surface area contributed by atoms with Gasteiger partial charge in [0.2, 0.25) is 5.91 Å². The molecule has 1 rings (SSSR count). The van der Waals surface area contributed by atoms with Gasteiger partial charge in [0.1, 0.15) is 0 Å². The standard InChI is InChI=1S/C13H16F4N2O/c1-8-3-5-10(6-4-8)19-11(20)9(2)18-7-13(16,17)12(14)15/h3-6,9,12,18H,7H2,1-2H3,(H,19,20). The lowest BCUT2D eigenvalue weighted by molar-refractivity contribution is -0.129. The summed E-state index contributed by atoms with van der Waals surface area (Å²) in [4.78, 5) is 11.7. The number of benzene rings is 1. The van der Waals surface area contributed by atoms with Gasteiger partial charge in [-0.15, -0.1) is 0 Å². The third-order valence-electron chi connectivity index (χ3n) is 2.68. The van der Waals surface area contributed by atoms with Crippen molar-refractivity contribution in [2.45, 2.75) is 32.2 Å². The zero-order valence-corrected chi connectivity index (χ0v) is 11.1. The highest BCUT2D eigenvalue weighted by molar-refractivity contribution is 5.94. The molecule has 112 valence electrons. The molecular formula is C13H16F4N2O. The Morgan fingerprint density at radius 2 is 1.80 bits per heavy atom. The van der Waals surface area contributed by atoms with E-state index in [4.69, 9.17) is 0 Å². The molecular weight excluding hydrogens is 276 g/mol. The first-order valence-electron chi connectivity index (χ1n) is 5.99. The van der Waals surface area contributed by atoms with Crippen molar-refractivity contribution in [3.8, 4) is 0 Å². The maximum Gasteiger partial charge on any atom is 0.319 e. The van der Waals surface area contributed by atoms with Gasteiger partial charge in [0.05, 0.1) is 12.6 Å². The van der Waals surface area contributed by atoms with Crippen molar-refractivity contribution in [3.05, 3.63) is 29.8 Å². The van der Waals surface area contributed by atoms with Crippen LogP contribution in [0.4, 0.5) is 23.2 Å². The van der Waals surface area contributed by atoms with E-state index in [1.807, 2.05) is 6.92 Å². The number of amides is 1. The van der Waals surface area contributed by atoms with Crippen LogP contribution >= 0.6 is 0 Å². The van der Waals surface area contributed by atoms with E-state index in [-0.39, 0.29) is 0 Å². The lowest BCUT2D eigenvalue weighted by Gasteiger charge is -2.19. The number of carbonyl (C=O) groups excluding carboxylic acids is 1. The summed E-state index contributed by atoms with van der Waals surface area (Å²) in [5.41, 5.74) is 1.51. The van der Waals surface area contributed by atoms with Gasteiger partial charge in [0, 0.05) is 5.69 Å². The van der Waals surface area contributed by atoms with Crippen LogP contribution in [0.25, 0.3) is 0 Å². The molecule has 0 saturated heterocycles. The molecule has 0 fully saturated rings. The highest BCUT2D eigenvalue weighted by Gasteiger charge is 2.40. The summed E-state index contributed by atoms with van der Waals surface area (Å²) in [7, 11) is 0. The number of rotatable bonds is 6. The van der Waals surface area contributed by atoms with Crippen molar-refractivity contribution < 1.29 is 22.4 Å². The first kappa shape index (κ1) is 16.4. The molecule has 20 heavy (non-hydrogen) atoms. The Hall–Kier alpha value is -1.63. The molecule has 0 radical (unpaired) electrons. The zero-order chi connectivity index (χ0) is 15.3. The van der Waals surface area contributed by atoms with Crippen molar-refractivity contribution in [2.75, 3.05) is 11.9 Å². The summed E-state index contributed by atoms with van der Waals surface area (Å²) in [5.74, 6) is -4.72. The van der Waals surface area contributed by atoms with E-state index in [0.29, 0.717) is 5.69 Å². The van der Waals surface area contributed by atoms with Gasteiger partial charge in [-0.1, -0.05) is 17.7 Å². The number of anilines is 1. The number of aryl methyl sites for hydroxylation is 1. The molecule has 0 aliphatic heterocycles. The lowest BCUT2D eigenvalue weighted by atomic mass is 10.2. The van der Waals surface area contributed by atoms with E-state index in [0.717, 1.165) is 5.56 Å². The van der Waals surface area contributed by atoms with Crippen LogP contribution in [0.2, 0.25) is 0 Å². The number of alkyl halides is 4. The Morgan fingerprint density at radius 1 is 1.25 bits per heavy atom. The average molecular weight is 292 g/mol. The largest absolute Gasteiger partial charge is 0.325 e. The van der Waals surface area contributed by atoms with Crippen LogP contribution in [0, 0.1) is 6.92 Å². The number of nitrogens with one attached hydrogen (secondary N) is 2. The topological polar surface area (TPSA) is 41.1 Å². The normalized spacial score (nSPS) is 13.3. The summed E-state index contributed by atoms with van der Waals surface area (Å²) < 4.78 is 49.3. The Balaban J connectivity index is 2.49. The second kappa shape index (κ2) is 6.69.